The number of thiocarbonyl (C=S) groups is 1. The van der Waals surface area contributed by atoms with E-state index in [4.69, 9.17) is 18.0 Å². The smallest absolute Gasteiger partial charge is 0.389 e. The molecule has 20 heavy (non-hydrogen) atoms. The van der Waals surface area contributed by atoms with Crippen molar-refractivity contribution in [1.82, 2.24) is 0 Å². The van der Waals surface area contributed by atoms with Gasteiger partial charge in [-0.15, -0.1) is 0 Å². The Labute approximate surface area is 120 Å². The van der Waals surface area contributed by atoms with Crippen LogP contribution in [0.2, 0.25) is 0 Å². The van der Waals surface area contributed by atoms with Crippen molar-refractivity contribution < 1.29 is 13.2 Å². The highest BCUT2D eigenvalue weighted by atomic mass is 32.1. The third-order valence-corrected chi connectivity index (χ3v) is 4.53. The van der Waals surface area contributed by atoms with Crippen LogP contribution in [0.3, 0.4) is 0 Å². The second-order valence-electron chi connectivity index (χ2n) is 5.58. The maximum Gasteiger partial charge on any atom is 0.416 e. The lowest BCUT2D eigenvalue weighted by Gasteiger charge is -2.31. The molecule has 1 aliphatic heterocycles. The van der Waals surface area contributed by atoms with Crippen molar-refractivity contribution in [3.05, 3.63) is 29.3 Å². The first-order valence-corrected chi connectivity index (χ1v) is 7.05. The van der Waals surface area contributed by atoms with Crippen LogP contribution in [0.4, 0.5) is 18.9 Å². The molecule has 1 saturated carbocycles. The van der Waals surface area contributed by atoms with E-state index in [2.05, 4.69) is 4.90 Å². The van der Waals surface area contributed by atoms with Gasteiger partial charge in [-0.25, -0.2) is 0 Å². The molecule has 0 spiro atoms. The van der Waals surface area contributed by atoms with Crippen LogP contribution in [-0.4, -0.2) is 17.6 Å². The Bertz CT molecular complexity index is 556. The molecule has 2 aliphatic rings. The van der Waals surface area contributed by atoms with Crippen molar-refractivity contribution in [1.29, 1.82) is 0 Å². The Morgan fingerprint density at radius 3 is 2.55 bits per heavy atom. The molecule has 2 nitrogen and oxygen atoms in total. The van der Waals surface area contributed by atoms with Gasteiger partial charge in [-0.05, 0) is 43.4 Å². The summed E-state index contributed by atoms with van der Waals surface area (Å²) < 4.78 is 38.4. The first-order chi connectivity index (χ1) is 9.36. The maximum absolute atomic E-state index is 12.8. The monoisotopic (exact) mass is 300 g/mol. The molecule has 2 bridgehead atoms. The number of hydrogen-bond acceptors (Lipinski definition) is 2. The van der Waals surface area contributed by atoms with Crippen molar-refractivity contribution in [2.75, 3.05) is 11.4 Å². The van der Waals surface area contributed by atoms with Crippen molar-refractivity contribution in [2.24, 2.45) is 11.7 Å². The Morgan fingerprint density at radius 2 is 2.05 bits per heavy atom. The van der Waals surface area contributed by atoms with Gasteiger partial charge < -0.3 is 10.6 Å². The molecule has 2 unspecified atom stereocenters. The van der Waals surface area contributed by atoms with Crippen LogP contribution < -0.4 is 10.6 Å². The zero-order chi connectivity index (χ0) is 14.5. The molecule has 0 radical (unpaired) electrons. The number of nitrogens with two attached hydrogens (primary N) is 1. The molecule has 1 aliphatic carbocycles. The number of rotatable bonds is 2. The molecule has 1 aromatic rings. The van der Waals surface area contributed by atoms with Crippen molar-refractivity contribution >= 4 is 22.9 Å². The molecule has 108 valence electrons. The van der Waals surface area contributed by atoms with E-state index in [-0.39, 0.29) is 4.99 Å². The predicted octanol–water partition coefficient (Wildman–Crippen LogP) is 3.33. The highest BCUT2D eigenvalue weighted by Crippen LogP contribution is 2.42. The predicted molar refractivity (Wildman–Crippen MR) is 75.8 cm³/mol. The molecular weight excluding hydrogens is 285 g/mol. The minimum Gasteiger partial charge on any atom is -0.389 e. The number of anilines is 1. The Morgan fingerprint density at radius 1 is 1.30 bits per heavy atom. The van der Waals surface area contributed by atoms with Crippen molar-refractivity contribution in [3.63, 3.8) is 0 Å². The topological polar surface area (TPSA) is 29.3 Å². The Hall–Kier alpha value is -1.30. The van der Waals surface area contributed by atoms with E-state index in [1.165, 1.54) is 12.5 Å². The molecule has 2 fully saturated rings. The summed E-state index contributed by atoms with van der Waals surface area (Å²) in [5.41, 5.74) is 6.01. The number of halogens is 3. The van der Waals surface area contributed by atoms with E-state index in [9.17, 15) is 13.2 Å². The lowest BCUT2D eigenvalue weighted by atomic mass is 10.0. The van der Waals surface area contributed by atoms with Crippen LogP contribution in [0.5, 0.6) is 0 Å². The minimum absolute atomic E-state index is 0.0221. The average Bonchev–Trinajstić information content (AvgIpc) is 2.99. The summed E-state index contributed by atoms with van der Waals surface area (Å²) in [4.78, 5) is 2.19. The molecule has 1 heterocycles. The number of piperidine rings is 1. The normalized spacial score (nSPS) is 25.2. The number of benzene rings is 1. The SMILES string of the molecule is NC(=S)c1cc(C(F)(F)F)ccc1N1CC2CCC1C2. The van der Waals surface area contributed by atoms with Crippen LogP contribution in [0.1, 0.15) is 30.4 Å². The first kappa shape index (κ1) is 13.7. The highest BCUT2D eigenvalue weighted by Gasteiger charge is 2.39. The fourth-order valence-electron chi connectivity index (χ4n) is 3.38. The maximum atomic E-state index is 12.8. The molecule has 1 aromatic carbocycles. The zero-order valence-corrected chi connectivity index (χ0v) is 11.6. The van der Waals surface area contributed by atoms with Gasteiger partial charge >= 0.3 is 6.18 Å². The lowest BCUT2D eigenvalue weighted by molar-refractivity contribution is -0.137. The fourth-order valence-corrected chi connectivity index (χ4v) is 3.54. The number of fused-ring (bicyclic) bond motifs is 2. The van der Waals surface area contributed by atoms with Gasteiger partial charge in [0.1, 0.15) is 4.99 Å². The second-order valence-corrected chi connectivity index (χ2v) is 6.02. The third kappa shape index (κ3) is 2.26. The van der Waals surface area contributed by atoms with Crippen LogP contribution in [0.15, 0.2) is 18.2 Å². The van der Waals surface area contributed by atoms with Gasteiger partial charge in [0.25, 0.3) is 0 Å². The lowest BCUT2D eigenvalue weighted by Crippen LogP contribution is -2.33. The van der Waals surface area contributed by atoms with Gasteiger partial charge in [0, 0.05) is 23.8 Å². The summed E-state index contributed by atoms with van der Waals surface area (Å²) in [5.74, 6) is 0.654. The minimum atomic E-state index is -4.37. The van der Waals surface area contributed by atoms with E-state index < -0.39 is 11.7 Å². The van der Waals surface area contributed by atoms with E-state index in [0.717, 1.165) is 37.2 Å². The number of hydrogen-bond donors (Lipinski definition) is 1. The van der Waals surface area contributed by atoms with Crippen LogP contribution in [-0.2, 0) is 6.18 Å². The van der Waals surface area contributed by atoms with E-state index in [1.807, 2.05) is 0 Å². The molecule has 3 rings (SSSR count). The van der Waals surface area contributed by atoms with Crippen LogP contribution >= 0.6 is 12.2 Å². The van der Waals surface area contributed by atoms with Crippen molar-refractivity contribution in [3.8, 4) is 0 Å². The third-order valence-electron chi connectivity index (χ3n) is 4.31. The molecule has 6 heteroatoms. The standard InChI is InChI=1S/C14H15F3N2S/c15-14(16,17)9-2-4-12(11(6-9)13(18)20)19-7-8-1-3-10(19)5-8/h2,4,6,8,10H,1,3,5,7H2,(H2,18,20). The quantitative estimate of drug-likeness (QED) is 0.850. The summed E-state index contributed by atoms with van der Waals surface area (Å²) in [6.45, 7) is 0.894. The summed E-state index contributed by atoms with van der Waals surface area (Å²) in [6, 6.07) is 4.12. The molecule has 2 N–H and O–H groups in total. The van der Waals surface area contributed by atoms with Gasteiger partial charge in [-0.3, -0.25) is 0 Å². The summed E-state index contributed by atoms with van der Waals surface area (Å²) in [5, 5.41) is 0. The van der Waals surface area contributed by atoms with Gasteiger partial charge in [-0.1, -0.05) is 12.2 Å². The molecule has 1 saturated heterocycles. The first-order valence-electron chi connectivity index (χ1n) is 6.64. The van der Waals surface area contributed by atoms with Gasteiger partial charge in [0.2, 0.25) is 0 Å². The van der Waals surface area contributed by atoms with Gasteiger partial charge in [0.05, 0.1) is 5.56 Å². The summed E-state index contributed by atoms with van der Waals surface area (Å²) in [6.07, 6.45) is -0.938. The largest absolute Gasteiger partial charge is 0.416 e. The Kier molecular flexibility index (Phi) is 3.16. The number of nitrogens with zero attached hydrogens (tertiary/aromatic N) is 1. The van der Waals surface area contributed by atoms with E-state index in [0.29, 0.717) is 17.5 Å². The highest BCUT2D eigenvalue weighted by molar-refractivity contribution is 7.80. The number of alkyl halides is 3. The van der Waals surface area contributed by atoms with Crippen LogP contribution in [0, 0.1) is 5.92 Å². The van der Waals surface area contributed by atoms with Crippen molar-refractivity contribution in [2.45, 2.75) is 31.5 Å². The van der Waals surface area contributed by atoms with Crippen LogP contribution in [0.25, 0.3) is 0 Å². The Balaban J connectivity index is 2.01. The fraction of sp³-hybridized carbons (Fsp3) is 0.500. The summed E-state index contributed by atoms with van der Waals surface area (Å²) in [7, 11) is 0. The molecule has 0 amide bonds. The second kappa shape index (κ2) is 4.62. The summed E-state index contributed by atoms with van der Waals surface area (Å²) >= 11 is 4.94. The molecule has 0 aromatic heterocycles. The molecule has 2 atom stereocenters. The van der Waals surface area contributed by atoms with E-state index >= 15 is 0 Å². The average molecular weight is 300 g/mol. The van der Waals surface area contributed by atoms with E-state index in [1.54, 1.807) is 0 Å². The van der Waals surface area contributed by atoms with Gasteiger partial charge in [0.15, 0.2) is 0 Å². The molecular formula is C14H15F3N2S. The van der Waals surface area contributed by atoms with Gasteiger partial charge in [-0.2, -0.15) is 13.2 Å². The zero-order valence-electron chi connectivity index (χ0n) is 10.8.